The Labute approximate surface area is 201 Å². The second kappa shape index (κ2) is 9.91. The molecule has 2 saturated carbocycles. The van der Waals surface area contributed by atoms with Crippen LogP contribution in [-0.2, 0) is 4.79 Å². The minimum Gasteiger partial charge on any atom is -0.477 e. The molecule has 1 amide bonds. The van der Waals surface area contributed by atoms with Crippen molar-refractivity contribution in [2.75, 3.05) is 4.90 Å². The van der Waals surface area contributed by atoms with Crippen molar-refractivity contribution in [1.29, 1.82) is 0 Å². The summed E-state index contributed by atoms with van der Waals surface area (Å²) in [6.07, 6.45) is 11.6. The number of aliphatic hydroxyl groups excluding tert-OH is 1. The summed E-state index contributed by atoms with van der Waals surface area (Å²) in [6, 6.07) is 1.94. The highest BCUT2D eigenvalue weighted by Gasteiger charge is 2.37. The van der Waals surface area contributed by atoms with Gasteiger partial charge in [-0.05, 0) is 93.6 Å². The van der Waals surface area contributed by atoms with E-state index in [1.54, 1.807) is 0 Å². The van der Waals surface area contributed by atoms with Gasteiger partial charge >= 0.3 is 5.97 Å². The van der Waals surface area contributed by atoms with Crippen molar-refractivity contribution in [3.8, 4) is 0 Å². The topological polar surface area (TPSA) is 77.8 Å². The van der Waals surface area contributed by atoms with Gasteiger partial charge in [0.25, 0.3) is 0 Å². The molecule has 0 saturated heterocycles. The zero-order chi connectivity index (χ0) is 23.8. The van der Waals surface area contributed by atoms with Crippen LogP contribution in [0, 0.1) is 17.3 Å². The number of allylic oxidation sites excluding steroid dienone is 2. The Morgan fingerprint density at radius 2 is 1.73 bits per heavy atom. The molecule has 2 N–H and O–H groups in total. The Morgan fingerprint density at radius 3 is 2.30 bits per heavy atom. The van der Waals surface area contributed by atoms with E-state index in [-0.39, 0.29) is 34.3 Å². The number of thiophene rings is 1. The first-order valence-electron chi connectivity index (χ1n) is 12.7. The Hall–Kier alpha value is -1.66. The van der Waals surface area contributed by atoms with Gasteiger partial charge in [0, 0.05) is 16.8 Å². The summed E-state index contributed by atoms with van der Waals surface area (Å²) in [5.74, 6) is -0.248. The molecule has 4 rings (SSSR count). The monoisotopic (exact) mass is 473 g/mol. The predicted molar refractivity (Wildman–Crippen MR) is 134 cm³/mol. The summed E-state index contributed by atoms with van der Waals surface area (Å²) in [5.41, 5.74) is 2.08. The van der Waals surface area contributed by atoms with Crippen molar-refractivity contribution in [2.24, 2.45) is 17.3 Å². The van der Waals surface area contributed by atoms with Crippen LogP contribution in [0.1, 0.15) is 106 Å². The van der Waals surface area contributed by atoms with E-state index in [2.05, 4.69) is 26.8 Å². The fourth-order valence-corrected chi connectivity index (χ4v) is 6.74. The van der Waals surface area contributed by atoms with Crippen molar-refractivity contribution in [3.63, 3.8) is 0 Å². The van der Waals surface area contributed by atoms with E-state index in [0.717, 1.165) is 62.7 Å². The number of rotatable bonds is 5. The Balaban J connectivity index is 1.69. The van der Waals surface area contributed by atoms with Crippen LogP contribution in [0.3, 0.4) is 0 Å². The van der Waals surface area contributed by atoms with Crippen molar-refractivity contribution in [3.05, 3.63) is 21.9 Å². The van der Waals surface area contributed by atoms with E-state index in [1.807, 2.05) is 11.0 Å². The molecule has 0 aromatic carbocycles. The van der Waals surface area contributed by atoms with Crippen LogP contribution >= 0.6 is 11.3 Å². The SMILES string of the molecule is CC1CCC(C(=O)N(c2cc(C3=CCC(C)(C)CC3)sc2C(=O)O)C2CCC(O)CC2)CC1. The Morgan fingerprint density at radius 1 is 1.06 bits per heavy atom. The number of aromatic carboxylic acids is 1. The minimum atomic E-state index is -0.955. The minimum absolute atomic E-state index is 0.0345. The molecule has 0 spiro atoms. The number of aliphatic hydroxyl groups is 1. The van der Waals surface area contributed by atoms with Gasteiger partial charge in [0.2, 0.25) is 5.91 Å². The average Bonchev–Trinajstić information content (AvgIpc) is 3.21. The number of hydrogen-bond donors (Lipinski definition) is 2. The first kappa shape index (κ1) is 24.5. The Bertz CT molecular complexity index is 901. The zero-order valence-electron chi connectivity index (χ0n) is 20.3. The quantitative estimate of drug-likeness (QED) is 0.511. The van der Waals surface area contributed by atoms with E-state index in [9.17, 15) is 19.8 Å². The number of hydrogen-bond acceptors (Lipinski definition) is 4. The summed E-state index contributed by atoms with van der Waals surface area (Å²) in [6.45, 7) is 6.78. The molecule has 3 aliphatic carbocycles. The summed E-state index contributed by atoms with van der Waals surface area (Å²) < 4.78 is 0. The van der Waals surface area contributed by atoms with Gasteiger partial charge in [-0.2, -0.15) is 0 Å². The molecule has 2 fully saturated rings. The van der Waals surface area contributed by atoms with Crippen LogP contribution in [0.2, 0.25) is 0 Å². The molecule has 0 radical (unpaired) electrons. The second-order valence-corrected chi connectivity index (χ2v) is 12.4. The molecule has 0 aliphatic heterocycles. The maximum absolute atomic E-state index is 13.9. The predicted octanol–water partition coefficient (Wildman–Crippen LogP) is 6.50. The van der Waals surface area contributed by atoms with Gasteiger partial charge in [-0.3, -0.25) is 4.79 Å². The fourth-order valence-electron chi connectivity index (χ4n) is 5.69. The van der Waals surface area contributed by atoms with E-state index < -0.39 is 5.97 Å². The third-order valence-electron chi connectivity index (χ3n) is 8.09. The third-order valence-corrected chi connectivity index (χ3v) is 9.28. The van der Waals surface area contributed by atoms with E-state index in [4.69, 9.17) is 0 Å². The van der Waals surface area contributed by atoms with Crippen LogP contribution < -0.4 is 4.90 Å². The first-order chi connectivity index (χ1) is 15.6. The summed E-state index contributed by atoms with van der Waals surface area (Å²) in [7, 11) is 0. The van der Waals surface area contributed by atoms with Crippen molar-refractivity contribution in [1.82, 2.24) is 0 Å². The molecule has 1 aromatic rings. The average molecular weight is 474 g/mol. The summed E-state index contributed by atoms with van der Waals surface area (Å²) >= 11 is 1.32. The maximum atomic E-state index is 13.9. The largest absolute Gasteiger partial charge is 0.477 e. The van der Waals surface area contributed by atoms with Gasteiger partial charge in [0.05, 0.1) is 11.8 Å². The normalized spacial score (nSPS) is 29.9. The number of anilines is 1. The van der Waals surface area contributed by atoms with Crippen molar-refractivity contribution in [2.45, 2.75) is 104 Å². The maximum Gasteiger partial charge on any atom is 0.348 e. The Kier molecular flexibility index (Phi) is 7.35. The number of nitrogens with zero attached hydrogens (tertiary/aromatic N) is 1. The highest BCUT2D eigenvalue weighted by molar-refractivity contribution is 7.15. The molecule has 1 aromatic heterocycles. The smallest absolute Gasteiger partial charge is 0.348 e. The van der Waals surface area contributed by atoms with Gasteiger partial charge in [0.15, 0.2) is 0 Å². The lowest BCUT2D eigenvalue weighted by Gasteiger charge is -2.38. The number of carbonyl (C=O) groups excluding carboxylic acids is 1. The highest BCUT2D eigenvalue weighted by Crippen LogP contribution is 2.44. The van der Waals surface area contributed by atoms with Gasteiger partial charge in [0.1, 0.15) is 4.88 Å². The molecule has 0 unspecified atom stereocenters. The third kappa shape index (κ3) is 5.54. The fraction of sp³-hybridized carbons (Fsp3) is 0.704. The number of carboxylic acids is 1. The molecule has 33 heavy (non-hydrogen) atoms. The van der Waals surface area contributed by atoms with Gasteiger partial charge in [-0.1, -0.05) is 26.8 Å². The molecule has 0 atom stereocenters. The zero-order valence-corrected chi connectivity index (χ0v) is 21.1. The molecule has 5 nitrogen and oxygen atoms in total. The van der Waals surface area contributed by atoms with Gasteiger partial charge in [-0.15, -0.1) is 11.3 Å². The number of amides is 1. The molecular formula is C27H39NO4S. The molecule has 182 valence electrons. The molecule has 3 aliphatic rings. The van der Waals surface area contributed by atoms with E-state index in [1.165, 1.54) is 16.9 Å². The first-order valence-corrected chi connectivity index (χ1v) is 13.5. The standard InChI is InChI=1S/C27H39NO4S/c1-17-4-6-19(7-5-17)25(30)28(20-8-10-21(29)11-9-20)22-16-23(33-24(22)26(31)32)18-12-14-27(2,3)15-13-18/h12,16-17,19-21,29H,4-11,13-15H2,1-3H3,(H,31,32). The molecule has 6 heteroatoms. The molecular weight excluding hydrogens is 434 g/mol. The number of carboxylic acid groups (broad SMARTS) is 1. The second-order valence-electron chi connectivity index (χ2n) is 11.4. The van der Waals surface area contributed by atoms with Gasteiger partial charge < -0.3 is 15.1 Å². The van der Waals surface area contributed by atoms with Crippen LogP contribution in [0.25, 0.3) is 5.57 Å². The highest BCUT2D eigenvalue weighted by atomic mass is 32.1. The summed E-state index contributed by atoms with van der Waals surface area (Å²) in [4.78, 5) is 29.3. The molecule has 0 bridgehead atoms. The lowest BCUT2D eigenvalue weighted by molar-refractivity contribution is -0.124. The van der Waals surface area contributed by atoms with E-state index in [0.29, 0.717) is 24.4 Å². The van der Waals surface area contributed by atoms with Crippen LogP contribution in [0.4, 0.5) is 5.69 Å². The van der Waals surface area contributed by atoms with Crippen LogP contribution in [0.5, 0.6) is 0 Å². The lowest BCUT2D eigenvalue weighted by Crippen LogP contribution is -2.47. The summed E-state index contributed by atoms with van der Waals surface area (Å²) in [5, 5.41) is 20.1. The number of carbonyl (C=O) groups is 2. The van der Waals surface area contributed by atoms with Crippen molar-refractivity contribution >= 4 is 34.5 Å². The van der Waals surface area contributed by atoms with Crippen LogP contribution in [-0.4, -0.2) is 34.2 Å². The molecule has 1 heterocycles. The van der Waals surface area contributed by atoms with Gasteiger partial charge in [-0.25, -0.2) is 4.79 Å². The van der Waals surface area contributed by atoms with E-state index >= 15 is 0 Å². The lowest BCUT2D eigenvalue weighted by atomic mass is 9.78. The van der Waals surface area contributed by atoms with Crippen molar-refractivity contribution < 1.29 is 19.8 Å². The van der Waals surface area contributed by atoms with Crippen LogP contribution in [0.15, 0.2) is 12.1 Å².